The second kappa shape index (κ2) is 11.8. The first-order valence-corrected chi connectivity index (χ1v) is 15.0. The van der Waals surface area contributed by atoms with Gasteiger partial charge in [-0.1, -0.05) is 65.8 Å². The topological polar surface area (TPSA) is 79.5 Å². The molecule has 6 rings (SSSR count). The van der Waals surface area contributed by atoms with Gasteiger partial charge >= 0.3 is 0 Å². The molecule has 0 saturated carbocycles. The number of benzene rings is 2. The Kier molecular flexibility index (Phi) is 7.77. The highest BCUT2D eigenvalue weighted by Crippen LogP contribution is 2.33. The lowest BCUT2D eigenvalue weighted by Crippen LogP contribution is -2.39. The zero-order chi connectivity index (χ0) is 27.5. The van der Waals surface area contributed by atoms with Gasteiger partial charge in [0.25, 0.3) is 11.8 Å². The van der Waals surface area contributed by atoms with Gasteiger partial charge in [0.05, 0.1) is 5.01 Å². The molecule has 0 bridgehead atoms. The lowest BCUT2D eigenvalue weighted by Gasteiger charge is -2.32. The van der Waals surface area contributed by atoms with Gasteiger partial charge in [-0.2, -0.15) is 0 Å². The van der Waals surface area contributed by atoms with Crippen LogP contribution in [0.1, 0.15) is 68.8 Å². The van der Waals surface area contributed by atoms with Crippen LogP contribution in [-0.4, -0.2) is 57.9 Å². The highest BCUT2D eigenvalue weighted by Gasteiger charge is 2.31. The zero-order valence-corrected chi connectivity index (χ0v) is 23.6. The molecule has 2 fully saturated rings. The van der Waals surface area contributed by atoms with Gasteiger partial charge in [-0.15, -0.1) is 11.3 Å². The molecule has 2 aliphatic rings. The quantitative estimate of drug-likeness (QED) is 0.283. The van der Waals surface area contributed by atoms with Crippen molar-refractivity contribution in [3.8, 4) is 11.3 Å². The number of aryl methyl sites for hydroxylation is 1. The minimum absolute atomic E-state index is 0.0401. The zero-order valence-electron chi connectivity index (χ0n) is 22.8. The van der Waals surface area contributed by atoms with Crippen LogP contribution in [0.5, 0.6) is 0 Å². The summed E-state index contributed by atoms with van der Waals surface area (Å²) in [5, 5.41) is 7.09. The maximum absolute atomic E-state index is 13.5. The van der Waals surface area contributed by atoms with Crippen molar-refractivity contribution in [2.24, 2.45) is 5.92 Å². The lowest BCUT2D eigenvalue weighted by atomic mass is 9.90. The molecule has 206 valence electrons. The van der Waals surface area contributed by atoms with Crippen molar-refractivity contribution < 1.29 is 14.1 Å². The number of amides is 2. The van der Waals surface area contributed by atoms with Crippen LogP contribution in [0.2, 0.25) is 0 Å². The molecule has 0 atom stereocenters. The first kappa shape index (κ1) is 26.4. The summed E-state index contributed by atoms with van der Waals surface area (Å²) in [5.74, 6) is 1.42. The third-order valence-corrected chi connectivity index (χ3v) is 9.27. The summed E-state index contributed by atoms with van der Waals surface area (Å²) in [4.78, 5) is 35.3. The molecule has 2 aliphatic heterocycles. The molecule has 0 aliphatic carbocycles. The highest BCUT2D eigenvalue weighted by molar-refractivity contribution is 7.09. The molecule has 2 amide bonds. The minimum atomic E-state index is -0.0401. The number of piperidine rings is 2. The molecule has 0 unspecified atom stereocenters. The Labute approximate surface area is 238 Å². The van der Waals surface area contributed by atoms with E-state index in [-0.39, 0.29) is 17.7 Å². The largest absolute Gasteiger partial charge is 0.360 e. The Morgan fingerprint density at radius 1 is 0.875 bits per heavy atom. The Bertz CT molecular complexity index is 1450. The molecule has 4 aromatic rings. The third-order valence-electron chi connectivity index (χ3n) is 8.27. The first-order chi connectivity index (χ1) is 19.6. The van der Waals surface area contributed by atoms with Gasteiger partial charge in [0.2, 0.25) is 0 Å². The fourth-order valence-corrected chi connectivity index (χ4v) is 6.89. The number of thiazole rings is 1. The number of nitrogens with zero attached hydrogens (tertiary/aromatic N) is 4. The minimum Gasteiger partial charge on any atom is -0.360 e. The summed E-state index contributed by atoms with van der Waals surface area (Å²) < 4.78 is 5.42. The van der Waals surface area contributed by atoms with Crippen LogP contribution in [-0.2, 0) is 6.42 Å². The van der Waals surface area contributed by atoms with Crippen LogP contribution in [0.15, 0.2) is 70.6 Å². The van der Waals surface area contributed by atoms with Crippen LogP contribution in [0.3, 0.4) is 0 Å². The van der Waals surface area contributed by atoms with E-state index in [4.69, 9.17) is 9.51 Å². The van der Waals surface area contributed by atoms with Crippen molar-refractivity contribution in [1.82, 2.24) is 19.9 Å². The van der Waals surface area contributed by atoms with Crippen molar-refractivity contribution in [2.45, 2.75) is 44.9 Å². The Hall–Kier alpha value is -3.78. The second-order valence-corrected chi connectivity index (χ2v) is 11.8. The lowest BCUT2D eigenvalue weighted by molar-refractivity contribution is 0.0685. The average Bonchev–Trinajstić information content (AvgIpc) is 3.65. The molecule has 8 heteroatoms. The monoisotopic (exact) mass is 554 g/mol. The number of carbonyl (C=O) groups excluding carboxylic acids is 2. The molecule has 0 radical (unpaired) electrons. The summed E-state index contributed by atoms with van der Waals surface area (Å²) in [6, 6.07) is 20.3. The standard InChI is InChI=1S/C32H34N4O3S/c1-22-28(29(34-39-22)25-10-6-3-7-11-25)32(38)36-18-14-26(15-19-36)30-33-27(21-40-30)31(37)35-16-12-24(13-17-35)20-23-8-4-2-5-9-23/h2-11,21,24,26H,12-20H2,1H3. The second-order valence-electron chi connectivity index (χ2n) is 10.9. The Morgan fingerprint density at radius 3 is 2.20 bits per heavy atom. The number of hydrogen-bond donors (Lipinski definition) is 0. The molecule has 40 heavy (non-hydrogen) atoms. The van der Waals surface area contributed by atoms with Gasteiger partial charge in [-0.3, -0.25) is 9.59 Å². The third kappa shape index (κ3) is 5.59. The fraction of sp³-hybridized carbons (Fsp3) is 0.375. The van der Waals surface area contributed by atoms with Gasteiger partial charge < -0.3 is 14.3 Å². The normalized spacial score (nSPS) is 16.8. The van der Waals surface area contributed by atoms with Crippen LogP contribution >= 0.6 is 11.3 Å². The number of hydrogen-bond acceptors (Lipinski definition) is 6. The SMILES string of the molecule is Cc1onc(-c2ccccc2)c1C(=O)N1CCC(c2nc(C(=O)N3CCC(Cc4ccccc4)CC3)cs2)CC1. The molecule has 4 heterocycles. The number of rotatable bonds is 6. The number of aromatic nitrogens is 2. The Morgan fingerprint density at radius 2 is 1.50 bits per heavy atom. The predicted molar refractivity (Wildman–Crippen MR) is 155 cm³/mol. The van der Waals surface area contributed by atoms with Gasteiger partial charge in [0.1, 0.15) is 22.7 Å². The molecular weight excluding hydrogens is 520 g/mol. The molecule has 0 N–H and O–H groups in total. The predicted octanol–water partition coefficient (Wildman–Crippen LogP) is 6.22. The Balaban J connectivity index is 1.03. The maximum Gasteiger partial charge on any atom is 0.273 e. The van der Waals surface area contributed by atoms with E-state index in [0.29, 0.717) is 41.7 Å². The van der Waals surface area contributed by atoms with E-state index >= 15 is 0 Å². The molecule has 0 spiro atoms. The number of likely N-dealkylation sites (tertiary alicyclic amines) is 2. The van der Waals surface area contributed by atoms with Gasteiger partial charge in [0.15, 0.2) is 0 Å². The van der Waals surface area contributed by atoms with Gasteiger partial charge in [-0.05, 0) is 50.5 Å². The molecule has 2 aromatic carbocycles. The maximum atomic E-state index is 13.5. The van der Waals surface area contributed by atoms with Crippen molar-refractivity contribution in [1.29, 1.82) is 0 Å². The summed E-state index contributed by atoms with van der Waals surface area (Å²) >= 11 is 1.57. The van der Waals surface area contributed by atoms with Crippen LogP contribution in [0.25, 0.3) is 11.3 Å². The van der Waals surface area contributed by atoms with Crippen LogP contribution < -0.4 is 0 Å². The molecule has 2 aromatic heterocycles. The van der Waals surface area contributed by atoms with E-state index in [1.165, 1.54) is 5.56 Å². The van der Waals surface area contributed by atoms with Crippen molar-refractivity contribution >= 4 is 23.2 Å². The summed E-state index contributed by atoms with van der Waals surface area (Å²) in [6.45, 7) is 4.65. The summed E-state index contributed by atoms with van der Waals surface area (Å²) in [6.07, 6.45) is 4.78. The molecular formula is C32H34N4O3S. The van der Waals surface area contributed by atoms with E-state index in [0.717, 1.165) is 55.8 Å². The molecule has 2 saturated heterocycles. The van der Waals surface area contributed by atoms with E-state index < -0.39 is 0 Å². The van der Waals surface area contributed by atoms with Gasteiger partial charge in [0, 0.05) is 43.0 Å². The van der Waals surface area contributed by atoms with Crippen LogP contribution in [0, 0.1) is 12.8 Å². The number of carbonyl (C=O) groups is 2. The smallest absolute Gasteiger partial charge is 0.273 e. The molecule has 7 nitrogen and oxygen atoms in total. The van der Waals surface area contributed by atoms with E-state index in [2.05, 4.69) is 35.5 Å². The average molecular weight is 555 g/mol. The van der Waals surface area contributed by atoms with Gasteiger partial charge in [-0.25, -0.2) is 4.98 Å². The first-order valence-electron chi connectivity index (χ1n) is 14.2. The van der Waals surface area contributed by atoms with Crippen LogP contribution in [0.4, 0.5) is 0 Å². The van der Waals surface area contributed by atoms with Crippen molar-refractivity contribution in [2.75, 3.05) is 26.2 Å². The van der Waals surface area contributed by atoms with Crippen molar-refractivity contribution in [3.63, 3.8) is 0 Å². The van der Waals surface area contributed by atoms with Crippen molar-refractivity contribution in [3.05, 3.63) is 93.6 Å². The van der Waals surface area contributed by atoms with E-state index in [9.17, 15) is 9.59 Å². The van der Waals surface area contributed by atoms with E-state index in [1.54, 1.807) is 18.3 Å². The fourth-order valence-electron chi connectivity index (χ4n) is 5.93. The summed E-state index contributed by atoms with van der Waals surface area (Å²) in [7, 11) is 0. The summed E-state index contributed by atoms with van der Waals surface area (Å²) in [5.41, 5.74) is 3.94. The highest BCUT2D eigenvalue weighted by atomic mass is 32.1. The van der Waals surface area contributed by atoms with E-state index in [1.807, 2.05) is 45.5 Å².